The van der Waals surface area contributed by atoms with Gasteiger partial charge in [-0.2, -0.15) is 13.2 Å². The molecule has 0 unspecified atom stereocenters. The highest BCUT2D eigenvalue weighted by Crippen LogP contribution is 2.32. The van der Waals surface area contributed by atoms with Crippen LogP contribution in [0, 0.1) is 10.1 Å². The Balaban J connectivity index is 2.24. The Morgan fingerprint density at radius 2 is 1.65 bits per heavy atom. The van der Waals surface area contributed by atoms with Gasteiger partial charge in [-0.1, -0.05) is 24.3 Å². The zero-order valence-corrected chi connectivity index (χ0v) is 11.6. The number of hydrogen-bond donors (Lipinski definition) is 0. The molecule has 4 nitrogen and oxygen atoms in total. The quantitative estimate of drug-likeness (QED) is 0.360. The first kappa shape index (κ1) is 16.4. The SMILES string of the molecule is O=C(C=Cc1ccccc1C(F)(F)F)c1ccc([N+](=O)[O-])cc1. The minimum absolute atomic E-state index is 0.129. The fourth-order valence-electron chi connectivity index (χ4n) is 1.91. The van der Waals surface area contributed by atoms with E-state index in [4.69, 9.17) is 0 Å². The van der Waals surface area contributed by atoms with Gasteiger partial charge in [-0.3, -0.25) is 14.9 Å². The van der Waals surface area contributed by atoms with Gasteiger partial charge in [0.05, 0.1) is 10.5 Å². The summed E-state index contributed by atoms with van der Waals surface area (Å²) in [5.74, 6) is -0.545. The van der Waals surface area contributed by atoms with E-state index in [1.807, 2.05) is 0 Å². The van der Waals surface area contributed by atoms with Crippen molar-refractivity contribution in [1.82, 2.24) is 0 Å². The van der Waals surface area contributed by atoms with Crippen LogP contribution in [0.1, 0.15) is 21.5 Å². The van der Waals surface area contributed by atoms with Crippen LogP contribution in [0.25, 0.3) is 6.08 Å². The van der Waals surface area contributed by atoms with E-state index in [0.717, 1.165) is 30.4 Å². The summed E-state index contributed by atoms with van der Waals surface area (Å²) in [6.07, 6.45) is -2.43. The van der Waals surface area contributed by atoms with Crippen molar-refractivity contribution in [2.24, 2.45) is 0 Å². The molecule has 0 amide bonds. The molecule has 0 aliphatic heterocycles. The van der Waals surface area contributed by atoms with Crippen molar-refractivity contribution in [3.8, 4) is 0 Å². The highest BCUT2D eigenvalue weighted by molar-refractivity contribution is 6.07. The van der Waals surface area contributed by atoms with Gasteiger partial charge in [-0.15, -0.1) is 0 Å². The average Bonchev–Trinajstić information content (AvgIpc) is 2.52. The number of nitro groups is 1. The molecule has 0 spiro atoms. The van der Waals surface area contributed by atoms with Crippen LogP contribution in [0.3, 0.4) is 0 Å². The molecular weight excluding hydrogens is 311 g/mol. The van der Waals surface area contributed by atoms with Crippen molar-refractivity contribution in [3.05, 3.63) is 81.4 Å². The number of nitrogens with zero attached hydrogens (tertiary/aromatic N) is 1. The highest BCUT2D eigenvalue weighted by atomic mass is 19.4. The second kappa shape index (κ2) is 6.43. The van der Waals surface area contributed by atoms with Crippen molar-refractivity contribution in [2.75, 3.05) is 0 Å². The number of carbonyl (C=O) groups excluding carboxylic acids is 1. The number of alkyl halides is 3. The normalized spacial score (nSPS) is 11.6. The van der Waals surface area contributed by atoms with Crippen LogP contribution in [0.2, 0.25) is 0 Å². The lowest BCUT2D eigenvalue weighted by Crippen LogP contribution is -2.07. The number of benzene rings is 2. The molecule has 0 saturated heterocycles. The van der Waals surface area contributed by atoms with Crippen LogP contribution < -0.4 is 0 Å². The summed E-state index contributed by atoms with van der Waals surface area (Å²) in [4.78, 5) is 21.8. The fourth-order valence-corrected chi connectivity index (χ4v) is 1.91. The molecule has 2 aromatic rings. The highest BCUT2D eigenvalue weighted by Gasteiger charge is 2.32. The van der Waals surface area contributed by atoms with Gasteiger partial charge in [0.1, 0.15) is 0 Å². The predicted octanol–water partition coefficient (Wildman–Crippen LogP) is 4.51. The minimum Gasteiger partial charge on any atom is -0.289 e. The first-order valence-corrected chi connectivity index (χ1v) is 6.42. The first-order valence-electron chi connectivity index (χ1n) is 6.42. The third-order valence-electron chi connectivity index (χ3n) is 3.04. The lowest BCUT2D eigenvalue weighted by molar-refractivity contribution is -0.384. The monoisotopic (exact) mass is 321 g/mol. The molecule has 2 aromatic carbocycles. The molecule has 0 fully saturated rings. The Morgan fingerprint density at radius 3 is 2.22 bits per heavy atom. The van der Waals surface area contributed by atoms with Gasteiger partial charge in [0.25, 0.3) is 5.69 Å². The number of rotatable bonds is 4. The number of nitro benzene ring substituents is 1. The third-order valence-corrected chi connectivity index (χ3v) is 3.04. The molecule has 23 heavy (non-hydrogen) atoms. The van der Waals surface area contributed by atoms with E-state index in [0.29, 0.717) is 0 Å². The van der Waals surface area contributed by atoms with Gasteiger partial charge in [0, 0.05) is 17.7 Å². The van der Waals surface area contributed by atoms with Crippen LogP contribution in [-0.4, -0.2) is 10.7 Å². The van der Waals surface area contributed by atoms with Crippen LogP contribution in [0.15, 0.2) is 54.6 Å². The molecule has 0 atom stereocenters. The molecule has 0 N–H and O–H groups in total. The molecule has 0 aliphatic carbocycles. The molecule has 0 heterocycles. The topological polar surface area (TPSA) is 60.2 Å². The van der Waals surface area contributed by atoms with E-state index in [-0.39, 0.29) is 16.8 Å². The van der Waals surface area contributed by atoms with Gasteiger partial charge in [0.2, 0.25) is 0 Å². The maximum absolute atomic E-state index is 12.8. The number of halogens is 3. The first-order chi connectivity index (χ1) is 10.8. The largest absolute Gasteiger partial charge is 0.416 e. The van der Waals surface area contributed by atoms with Crippen molar-refractivity contribution >= 4 is 17.5 Å². The van der Waals surface area contributed by atoms with Crippen LogP contribution in [-0.2, 0) is 6.18 Å². The second-order valence-electron chi connectivity index (χ2n) is 4.59. The summed E-state index contributed by atoms with van der Waals surface area (Å²) < 4.78 is 38.5. The van der Waals surface area contributed by atoms with Gasteiger partial charge in [0.15, 0.2) is 5.78 Å². The number of hydrogen-bond acceptors (Lipinski definition) is 3. The molecule has 0 bridgehead atoms. The maximum Gasteiger partial charge on any atom is 0.416 e. The Kier molecular flexibility index (Phi) is 4.59. The lowest BCUT2D eigenvalue weighted by Gasteiger charge is -2.09. The molecule has 0 aliphatic rings. The zero-order valence-electron chi connectivity index (χ0n) is 11.6. The van der Waals surface area contributed by atoms with E-state index in [1.54, 1.807) is 0 Å². The van der Waals surface area contributed by atoms with E-state index >= 15 is 0 Å². The van der Waals surface area contributed by atoms with Gasteiger partial charge >= 0.3 is 6.18 Å². The standard InChI is InChI=1S/C16H10F3NO3/c17-16(18,19)14-4-2-1-3-11(14)7-10-15(21)12-5-8-13(9-6-12)20(22)23/h1-10H. The summed E-state index contributed by atoms with van der Waals surface area (Å²) in [5, 5.41) is 10.5. The Morgan fingerprint density at radius 1 is 1.04 bits per heavy atom. The van der Waals surface area contributed by atoms with Gasteiger partial charge in [-0.05, 0) is 29.8 Å². The van der Waals surface area contributed by atoms with Gasteiger partial charge in [-0.25, -0.2) is 0 Å². The minimum atomic E-state index is -4.52. The van der Waals surface area contributed by atoms with E-state index in [9.17, 15) is 28.1 Å². The molecule has 0 radical (unpaired) electrons. The summed E-state index contributed by atoms with van der Waals surface area (Å²) in [7, 11) is 0. The van der Waals surface area contributed by atoms with E-state index in [2.05, 4.69) is 0 Å². The predicted molar refractivity (Wildman–Crippen MR) is 77.9 cm³/mol. The smallest absolute Gasteiger partial charge is 0.289 e. The van der Waals surface area contributed by atoms with Crippen molar-refractivity contribution in [3.63, 3.8) is 0 Å². The van der Waals surface area contributed by atoms with Gasteiger partial charge < -0.3 is 0 Å². The number of ketones is 1. The lowest BCUT2D eigenvalue weighted by atomic mass is 10.0. The number of non-ortho nitro benzene ring substituents is 1. The Bertz CT molecular complexity index is 765. The van der Waals surface area contributed by atoms with Crippen molar-refractivity contribution in [1.29, 1.82) is 0 Å². The molecular formula is C16H10F3NO3. The molecule has 7 heteroatoms. The second-order valence-corrected chi connectivity index (χ2v) is 4.59. The van der Waals surface area contributed by atoms with Crippen molar-refractivity contribution < 1.29 is 22.9 Å². The Hall–Kier alpha value is -2.96. The molecule has 0 aromatic heterocycles. The summed E-state index contributed by atoms with van der Waals surface area (Å²) in [6, 6.07) is 9.69. The van der Waals surface area contributed by atoms with Crippen LogP contribution in [0.5, 0.6) is 0 Å². The summed E-state index contributed by atoms with van der Waals surface area (Å²) >= 11 is 0. The zero-order chi connectivity index (χ0) is 17.0. The maximum atomic E-state index is 12.8. The molecule has 2 rings (SSSR count). The van der Waals surface area contributed by atoms with Crippen LogP contribution >= 0.6 is 0 Å². The third kappa shape index (κ3) is 4.03. The molecule has 118 valence electrons. The average molecular weight is 321 g/mol. The number of carbonyl (C=O) groups is 1. The summed E-state index contributed by atoms with van der Waals surface area (Å²) in [5.41, 5.74) is -0.993. The fraction of sp³-hybridized carbons (Fsp3) is 0.0625. The van der Waals surface area contributed by atoms with E-state index in [1.165, 1.54) is 30.3 Å². The summed E-state index contributed by atoms with van der Waals surface area (Å²) in [6.45, 7) is 0. The number of allylic oxidation sites excluding steroid dienone is 1. The molecule has 0 saturated carbocycles. The van der Waals surface area contributed by atoms with Crippen molar-refractivity contribution in [2.45, 2.75) is 6.18 Å². The van der Waals surface area contributed by atoms with E-state index < -0.39 is 22.4 Å². The Labute approximate surface area is 129 Å². The van der Waals surface area contributed by atoms with Crippen LogP contribution in [0.4, 0.5) is 18.9 Å².